The highest BCUT2D eigenvalue weighted by Crippen LogP contribution is 2.16. The molecule has 0 atom stereocenters. The molecule has 142 valence electrons. The van der Waals surface area contributed by atoms with E-state index in [1.54, 1.807) is 0 Å². The van der Waals surface area contributed by atoms with Crippen LogP contribution in [-0.2, 0) is 6.42 Å². The molecule has 1 aliphatic rings. The quantitative estimate of drug-likeness (QED) is 0.304. The van der Waals surface area contributed by atoms with Crippen LogP contribution in [0.2, 0.25) is 0 Å². The molecule has 2 aromatic rings. The van der Waals surface area contributed by atoms with E-state index in [1.807, 2.05) is 25.3 Å². The number of hydrogen-bond acceptors (Lipinski definition) is 3. The lowest BCUT2D eigenvalue weighted by Crippen LogP contribution is -2.51. The number of nitrogens with zero attached hydrogens (tertiary/aromatic N) is 4. The SMILES string of the molecule is Cc1[nH]ncc1CCCN=C(N)N1CCN(c2ccc(F)cc2)CC1.I. The molecular formula is C18H26FIN6. The van der Waals surface area contributed by atoms with Crippen molar-refractivity contribution in [3.63, 3.8) is 0 Å². The van der Waals surface area contributed by atoms with Crippen LogP contribution in [0, 0.1) is 12.7 Å². The molecule has 26 heavy (non-hydrogen) atoms. The average molecular weight is 472 g/mol. The van der Waals surface area contributed by atoms with Crippen molar-refractivity contribution in [2.45, 2.75) is 19.8 Å². The van der Waals surface area contributed by atoms with Crippen molar-refractivity contribution in [1.82, 2.24) is 15.1 Å². The number of aromatic nitrogens is 2. The molecule has 3 rings (SSSR count). The number of aromatic amines is 1. The van der Waals surface area contributed by atoms with E-state index in [1.165, 1.54) is 17.7 Å². The first-order valence-electron chi connectivity index (χ1n) is 8.68. The van der Waals surface area contributed by atoms with Gasteiger partial charge in [0.1, 0.15) is 5.82 Å². The molecule has 1 aromatic heterocycles. The maximum atomic E-state index is 13.0. The van der Waals surface area contributed by atoms with Gasteiger partial charge in [-0.3, -0.25) is 10.1 Å². The minimum Gasteiger partial charge on any atom is -0.370 e. The van der Waals surface area contributed by atoms with Gasteiger partial charge in [0.2, 0.25) is 0 Å². The third-order valence-electron chi connectivity index (χ3n) is 4.61. The van der Waals surface area contributed by atoms with Crippen LogP contribution in [0.25, 0.3) is 0 Å². The van der Waals surface area contributed by atoms with Crippen molar-refractivity contribution in [1.29, 1.82) is 0 Å². The molecule has 0 spiro atoms. The van der Waals surface area contributed by atoms with Crippen LogP contribution in [-0.4, -0.2) is 53.8 Å². The number of H-pyrrole nitrogens is 1. The minimum absolute atomic E-state index is 0. The number of piperazine rings is 1. The summed E-state index contributed by atoms with van der Waals surface area (Å²) in [6, 6.07) is 6.64. The zero-order chi connectivity index (χ0) is 17.6. The van der Waals surface area contributed by atoms with E-state index in [2.05, 4.69) is 25.0 Å². The summed E-state index contributed by atoms with van der Waals surface area (Å²) in [4.78, 5) is 8.86. The Kier molecular flexibility index (Phi) is 7.67. The highest BCUT2D eigenvalue weighted by atomic mass is 127. The molecule has 1 aliphatic heterocycles. The summed E-state index contributed by atoms with van der Waals surface area (Å²) in [5.74, 6) is 0.409. The summed E-state index contributed by atoms with van der Waals surface area (Å²) in [5.41, 5.74) is 9.54. The summed E-state index contributed by atoms with van der Waals surface area (Å²) in [7, 11) is 0. The molecule has 0 saturated carbocycles. The van der Waals surface area contributed by atoms with Gasteiger partial charge in [-0.15, -0.1) is 24.0 Å². The van der Waals surface area contributed by atoms with Gasteiger partial charge in [-0.2, -0.15) is 5.10 Å². The molecule has 1 aromatic carbocycles. The summed E-state index contributed by atoms with van der Waals surface area (Å²) < 4.78 is 13.0. The second kappa shape index (κ2) is 9.75. The maximum absolute atomic E-state index is 13.0. The number of benzene rings is 1. The van der Waals surface area contributed by atoms with E-state index in [0.717, 1.165) is 50.4 Å². The fraction of sp³-hybridized carbons (Fsp3) is 0.444. The topological polar surface area (TPSA) is 73.5 Å². The Morgan fingerprint density at radius 1 is 1.23 bits per heavy atom. The van der Waals surface area contributed by atoms with Gasteiger partial charge in [-0.05, 0) is 49.6 Å². The maximum Gasteiger partial charge on any atom is 0.191 e. The summed E-state index contributed by atoms with van der Waals surface area (Å²) in [6.07, 6.45) is 3.78. The fourth-order valence-electron chi connectivity index (χ4n) is 3.04. The lowest BCUT2D eigenvalue weighted by atomic mass is 10.1. The van der Waals surface area contributed by atoms with Crippen molar-refractivity contribution in [3.8, 4) is 0 Å². The largest absolute Gasteiger partial charge is 0.370 e. The first-order chi connectivity index (χ1) is 12.1. The summed E-state index contributed by atoms with van der Waals surface area (Å²) in [5, 5.41) is 6.97. The number of aryl methyl sites for hydroxylation is 2. The monoisotopic (exact) mass is 472 g/mol. The van der Waals surface area contributed by atoms with Gasteiger partial charge in [-0.1, -0.05) is 0 Å². The first kappa shape index (κ1) is 20.5. The van der Waals surface area contributed by atoms with Crippen molar-refractivity contribution >= 4 is 35.6 Å². The molecule has 6 nitrogen and oxygen atoms in total. The minimum atomic E-state index is -0.204. The Hall–Kier alpha value is -1.84. The van der Waals surface area contributed by atoms with E-state index in [9.17, 15) is 4.39 Å². The zero-order valence-electron chi connectivity index (χ0n) is 15.0. The molecule has 0 aliphatic carbocycles. The Labute approximate surface area is 170 Å². The number of nitrogens with two attached hydrogens (primary N) is 1. The number of nitrogens with one attached hydrogen (secondary N) is 1. The smallest absolute Gasteiger partial charge is 0.191 e. The summed E-state index contributed by atoms with van der Waals surface area (Å²) >= 11 is 0. The van der Waals surface area contributed by atoms with Gasteiger partial charge in [0.05, 0.1) is 6.20 Å². The molecule has 1 fully saturated rings. The number of rotatable bonds is 5. The van der Waals surface area contributed by atoms with Crippen molar-refractivity contribution in [2.24, 2.45) is 10.7 Å². The molecule has 8 heteroatoms. The molecule has 0 bridgehead atoms. The Morgan fingerprint density at radius 2 is 1.92 bits per heavy atom. The van der Waals surface area contributed by atoms with Gasteiger partial charge in [-0.25, -0.2) is 4.39 Å². The normalized spacial score (nSPS) is 15.1. The number of aliphatic imine (C=N–C) groups is 1. The predicted octanol–water partition coefficient (Wildman–Crippen LogP) is 2.54. The number of hydrogen-bond donors (Lipinski definition) is 2. The molecule has 0 unspecified atom stereocenters. The molecule has 0 radical (unpaired) electrons. The van der Waals surface area contributed by atoms with Crippen molar-refractivity contribution in [2.75, 3.05) is 37.6 Å². The van der Waals surface area contributed by atoms with E-state index < -0.39 is 0 Å². The Balaban J connectivity index is 0.00000243. The van der Waals surface area contributed by atoms with Gasteiger partial charge in [0.25, 0.3) is 0 Å². The lowest BCUT2D eigenvalue weighted by molar-refractivity contribution is 0.380. The molecule has 1 saturated heterocycles. The van der Waals surface area contributed by atoms with Gasteiger partial charge < -0.3 is 15.5 Å². The fourth-order valence-corrected chi connectivity index (χ4v) is 3.04. The number of halogens is 2. The zero-order valence-corrected chi connectivity index (χ0v) is 17.3. The van der Waals surface area contributed by atoms with Crippen LogP contribution in [0.5, 0.6) is 0 Å². The van der Waals surface area contributed by atoms with Crippen LogP contribution in [0.4, 0.5) is 10.1 Å². The third-order valence-corrected chi connectivity index (χ3v) is 4.61. The van der Waals surface area contributed by atoms with Crippen LogP contribution in [0.3, 0.4) is 0 Å². The lowest BCUT2D eigenvalue weighted by Gasteiger charge is -2.36. The van der Waals surface area contributed by atoms with Crippen LogP contribution < -0.4 is 10.6 Å². The Bertz CT molecular complexity index is 707. The predicted molar refractivity (Wildman–Crippen MR) is 114 cm³/mol. The third kappa shape index (κ3) is 5.33. The highest BCUT2D eigenvalue weighted by molar-refractivity contribution is 14.0. The second-order valence-corrected chi connectivity index (χ2v) is 6.31. The molecular weight excluding hydrogens is 446 g/mol. The van der Waals surface area contributed by atoms with Gasteiger partial charge >= 0.3 is 0 Å². The second-order valence-electron chi connectivity index (χ2n) is 6.31. The summed E-state index contributed by atoms with van der Waals surface area (Å²) in [6.45, 7) is 6.11. The van der Waals surface area contributed by atoms with Crippen molar-refractivity contribution < 1.29 is 4.39 Å². The van der Waals surface area contributed by atoms with E-state index >= 15 is 0 Å². The Morgan fingerprint density at radius 3 is 2.54 bits per heavy atom. The van der Waals surface area contributed by atoms with Gasteiger partial charge in [0, 0.05) is 44.1 Å². The molecule has 2 heterocycles. The number of guanidine groups is 1. The van der Waals surface area contributed by atoms with E-state index in [0.29, 0.717) is 12.5 Å². The molecule has 0 amide bonds. The number of anilines is 1. The average Bonchev–Trinajstić information content (AvgIpc) is 3.04. The van der Waals surface area contributed by atoms with Crippen LogP contribution in [0.1, 0.15) is 17.7 Å². The van der Waals surface area contributed by atoms with E-state index in [4.69, 9.17) is 5.73 Å². The van der Waals surface area contributed by atoms with Crippen LogP contribution >= 0.6 is 24.0 Å². The standard InChI is InChI=1S/C18H25FN6.HI/c1-14-15(13-22-23-14)3-2-8-21-18(20)25-11-9-24(10-12-25)17-6-4-16(19)5-7-17;/h4-7,13H,2-3,8-12H2,1H3,(H2,20,21)(H,22,23);1H. The van der Waals surface area contributed by atoms with Crippen LogP contribution in [0.15, 0.2) is 35.5 Å². The first-order valence-corrected chi connectivity index (χ1v) is 8.68. The van der Waals surface area contributed by atoms with Gasteiger partial charge in [0.15, 0.2) is 5.96 Å². The van der Waals surface area contributed by atoms with Crippen molar-refractivity contribution in [3.05, 3.63) is 47.5 Å². The molecule has 3 N–H and O–H groups in total. The highest BCUT2D eigenvalue weighted by Gasteiger charge is 2.18. The van der Waals surface area contributed by atoms with E-state index in [-0.39, 0.29) is 29.8 Å².